The van der Waals surface area contributed by atoms with Gasteiger partial charge in [-0.25, -0.2) is 0 Å². The monoisotopic (exact) mass is 289 g/mol. The smallest absolute Gasteiger partial charge is 0.261 e. The number of aryl methyl sites for hydroxylation is 2. The highest BCUT2D eigenvalue weighted by molar-refractivity contribution is 7.85. The van der Waals surface area contributed by atoms with E-state index in [4.69, 9.17) is 9.29 Å². The first-order valence-corrected chi connectivity index (χ1v) is 7.78. The maximum Gasteiger partial charge on any atom is 0.261 e. The summed E-state index contributed by atoms with van der Waals surface area (Å²) in [6, 6.07) is 6.59. The molecule has 5 nitrogen and oxygen atoms in total. The predicted octanol–water partition coefficient (Wildman–Crippen LogP) is 1.79. The lowest BCUT2D eigenvalue weighted by Crippen LogP contribution is -2.28. The molecule has 2 N–H and O–H groups in total. The van der Waals surface area contributed by atoms with Crippen molar-refractivity contribution in [3.63, 3.8) is 0 Å². The molecular weight excluding hydrogens is 266 g/mol. The van der Waals surface area contributed by atoms with Crippen LogP contribution in [0, 0.1) is 13.8 Å². The van der Waals surface area contributed by atoms with Gasteiger partial charge in [-0.3, -0.25) is 4.55 Å². The van der Waals surface area contributed by atoms with Crippen molar-refractivity contribution in [1.82, 2.24) is 5.32 Å². The van der Waals surface area contributed by atoms with E-state index in [2.05, 4.69) is 44.3 Å². The molecule has 0 radical (unpaired) electrons. The lowest BCUT2D eigenvalue weighted by atomic mass is 10.1. The number of likely N-dealkylation sites (N-methyl/N-ethyl adjacent to an activating group) is 1. The van der Waals surface area contributed by atoms with E-state index in [1.54, 1.807) is 0 Å². The van der Waals surface area contributed by atoms with E-state index in [1.807, 2.05) is 7.05 Å². The van der Waals surface area contributed by atoms with Gasteiger partial charge in [0, 0.05) is 6.04 Å². The molecule has 6 heteroatoms. The summed E-state index contributed by atoms with van der Waals surface area (Å²) >= 11 is 0. The van der Waals surface area contributed by atoms with Crippen LogP contribution in [0.3, 0.4) is 0 Å². The van der Waals surface area contributed by atoms with Gasteiger partial charge in [0.25, 0.3) is 10.1 Å². The second-order valence-electron chi connectivity index (χ2n) is 4.45. The number of para-hydroxylation sites is 1. The van der Waals surface area contributed by atoms with Crippen molar-refractivity contribution in [1.29, 1.82) is 0 Å². The van der Waals surface area contributed by atoms with Crippen molar-refractivity contribution in [3.8, 4) is 5.75 Å². The first-order chi connectivity index (χ1) is 8.65. The average Bonchev–Trinajstić information content (AvgIpc) is 2.25. The van der Waals surface area contributed by atoms with E-state index in [9.17, 15) is 8.42 Å². The highest BCUT2D eigenvalue weighted by Crippen LogP contribution is 2.22. The van der Waals surface area contributed by atoms with E-state index in [0.29, 0.717) is 18.9 Å². The summed E-state index contributed by atoms with van der Waals surface area (Å²) in [4.78, 5) is 0. The van der Waals surface area contributed by atoms with E-state index >= 15 is 0 Å². The predicted molar refractivity (Wildman–Crippen MR) is 77.4 cm³/mol. The Labute approximate surface area is 115 Å². The van der Waals surface area contributed by atoms with Gasteiger partial charge in [0.05, 0.1) is 6.26 Å². The summed E-state index contributed by atoms with van der Waals surface area (Å²) in [5.41, 5.74) is 2.40. The Morgan fingerprint density at radius 2 is 1.74 bits per heavy atom. The van der Waals surface area contributed by atoms with Gasteiger partial charge >= 0.3 is 0 Å². The van der Waals surface area contributed by atoms with Gasteiger partial charge in [-0.15, -0.1) is 0 Å². The summed E-state index contributed by atoms with van der Waals surface area (Å²) in [5.74, 6) is 1.02. The number of rotatable bonds is 4. The van der Waals surface area contributed by atoms with Gasteiger partial charge < -0.3 is 10.1 Å². The van der Waals surface area contributed by atoms with Gasteiger partial charge in [-0.1, -0.05) is 18.2 Å². The molecule has 1 aromatic carbocycles. The molecule has 1 rings (SSSR count). The molecule has 110 valence electrons. The molecule has 0 saturated heterocycles. The van der Waals surface area contributed by atoms with E-state index < -0.39 is 10.1 Å². The Balaban J connectivity index is 0.000000555. The Kier molecular flexibility index (Phi) is 7.66. The van der Waals surface area contributed by atoms with Crippen LogP contribution in [-0.4, -0.2) is 38.9 Å². The van der Waals surface area contributed by atoms with Crippen molar-refractivity contribution >= 4 is 10.1 Å². The molecule has 19 heavy (non-hydrogen) atoms. The van der Waals surface area contributed by atoms with Crippen LogP contribution in [0.4, 0.5) is 0 Å². The summed E-state index contributed by atoms with van der Waals surface area (Å²) in [6.45, 7) is 6.97. The lowest BCUT2D eigenvalue weighted by Gasteiger charge is -2.15. The van der Waals surface area contributed by atoms with Crippen LogP contribution in [0.1, 0.15) is 18.1 Å². The minimum atomic E-state index is -3.67. The normalized spacial score (nSPS) is 12.3. The fourth-order valence-corrected chi connectivity index (χ4v) is 1.32. The minimum absolute atomic E-state index is 0.383. The molecule has 0 heterocycles. The number of hydrogen-bond acceptors (Lipinski definition) is 4. The number of benzene rings is 1. The summed E-state index contributed by atoms with van der Waals surface area (Å²) in [7, 11) is -1.72. The topological polar surface area (TPSA) is 75.6 Å². The number of nitrogens with one attached hydrogen (secondary N) is 1. The minimum Gasteiger partial charge on any atom is -0.491 e. The molecule has 0 aliphatic heterocycles. The molecule has 1 unspecified atom stereocenters. The zero-order chi connectivity index (χ0) is 15.1. The maximum atomic E-state index is 9.19. The zero-order valence-corrected chi connectivity index (χ0v) is 12.9. The zero-order valence-electron chi connectivity index (χ0n) is 12.1. The Morgan fingerprint density at radius 1 is 1.32 bits per heavy atom. The molecule has 1 atom stereocenters. The van der Waals surface area contributed by atoms with Crippen molar-refractivity contribution in [2.45, 2.75) is 26.8 Å². The third-order valence-corrected chi connectivity index (χ3v) is 2.38. The standard InChI is InChI=1S/C12H19NO.CH4O3S/c1-9-6-5-7-10(2)12(9)14-8-11(3)13-4;1-5(2,3)4/h5-7,11,13H,8H2,1-4H3;1H3,(H,2,3,4). The third kappa shape index (κ3) is 9.47. The van der Waals surface area contributed by atoms with Gasteiger partial charge in [0.15, 0.2) is 0 Å². The molecule has 0 aromatic heterocycles. The van der Waals surface area contributed by atoms with Gasteiger partial charge in [-0.2, -0.15) is 8.42 Å². The lowest BCUT2D eigenvalue weighted by molar-refractivity contribution is 0.276. The van der Waals surface area contributed by atoms with Crippen LogP contribution in [0.2, 0.25) is 0 Å². The van der Waals surface area contributed by atoms with E-state index in [0.717, 1.165) is 5.75 Å². The van der Waals surface area contributed by atoms with Crippen molar-refractivity contribution in [2.24, 2.45) is 0 Å². The molecule has 0 spiro atoms. The SMILES string of the molecule is CNC(C)COc1c(C)cccc1C.CS(=O)(=O)O. The summed E-state index contributed by atoms with van der Waals surface area (Å²) in [5, 5.41) is 3.15. The van der Waals surface area contributed by atoms with Crippen LogP contribution in [-0.2, 0) is 10.1 Å². The molecule has 0 bridgehead atoms. The molecule has 0 fully saturated rings. The van der Waals surface area contributed by atoms with Crippen molar-refractivity contribution in [2.75, 3.05) is 19.9 Å². The molecule has 0 saturated carbocycles. The first-order valence-electron chi connectivity index (χ1n) is 5.94. The van der Waals surface area contributed by atoms with Crippen LogP contribution >= 0.6 is 0 Å². The van der Waals surface area contributed by atoms with Gasteiger partial charge in [0.1, 0.15) is 12.4 Å². The molecule has 0 amide bonds. The van der Waals surface area contributed by atoms with E-state index in [-0.39, 0.29) is 0 Å². The van der Waals surface area contributed by atoms with Crippen molar-refractivity contribution < 1.29 is 17.7 Å². The second kappa shape index (κ2) is 8.14. The molecular formula is C13H23NO4S. The van der Waals surface area contributed by atoms with Crippen LogP contribution in [0.25, 0.3) is 0 Å². The second-order valence-corrected chi connectivity index (χ2v) is 5.92. The Morgan fingerprint density at radius 3 is 2.11 bits per heavy atom. The third-order valence-electron chi connectivity index (χ3n) is 2.38. The summed E-state index contributed by atoms with van der Waals surface area (Å²) in [6.07, 6.45) is 0.715. The fraction of sp³-hybridized carbons (Fsp3) is 0.538. The largest absolute Gasteiger partial charge is 0.491 e. The first kappa shape index (κ1) is 17.9. The molecule has 1 aromatic rings. The van der Waals surface area contributed by atoms with Gasteiger partial charge in [0.2, 0.25) is 0 Å². The van der Waals surface area contributed by atoms with Gasteiger partial charge in [-0.05, 0) is 38.9 Å². The fourth-order valence-electron chi connectivity index (χ4n) is 1.32. The van der Waals surface area contributed by atoms with Crippen LogP contribution < -0.4 is 10.1 Å². The highest BCUT2D eigenvalue weighted by Gasteiger charge is 2.04. The number of hydrogen-bond donors (Lipinski definition) is 2. The van der Waals surface area contributed by atoms with E-state index in [1.165, 1.54) is 11.1 Å². The Hall–Kier alpha value is -1.11. The van der Waals surface area contributed by atoms with Crippen molar-refractivity contribution in [3.05, 3.63) is 29.3 Å². The Bertz CT molecular complexity index is 457. The highest BCUT2D eigenvalue weighted by atomic mass is 32.2. The molecule has 0 aliphatic carbocycles. The molecule has 0 aliphatic rings. The number of ether oxygens (including phenoxy) is 1. The summed E-state index contributed by atoms with van der Waals surface area (Å²) < 4.78 is 31.6. The quantitative estimate of drug-likeness (QED) is 0.827. The van der Waals surface area contributed by atoms with Crippen LogP contribution in [0.15, 0.2) is 18.2 Å². The van der Waals surface area contributed by atoms with Crippen LogP contribution in [0.5, 0.6) is 5.75 Å². The maximum absolute atomic E-state index is 9.19. The average molecular weight is 289 g/mol.